The Bertz CT molecular complexity index is 497. The third kappa shape index (κ3) is 14.1. The molecule has 1 atom stereocenters. The molecule has 0 heterocycles. The summed E-state index contributed by atoms with van der Waals surface area (Å²) in [5.74, 6) is -0.227. The molecule has 0 fully saturated rings. The smallest absolute Gasteiger partial charge is 0.338 e. The molecule has 1 unspecified atom stereocenters. The first-order valence-electron chi connectivity index (χ1n) is 10.5. The van der Waals surface area contributed by atoms with E-state index < -0.39 is 0 Å². The van der Waals surface area contributed by atoms with Gasteiger partial charge in [0, 0.05) is 0 Å². The van der Waals surface area contributed by atoms with Gasteiger partial charge in [-0.2, -0.15) is 0 Å². The van der Waals surface area contributed by atoms with Crippen LogP contribution in [0.2, 0.25) is 0 Å². The van der Waals surface area contributed by atoms with Crippen molar-refractivity contribution >= 4 is 5.97 Å². The molecule has 29 heavy (non-hydrogen) atoms. The Kier molecular flexibility index (Phi) is 16.2. The SMILES string of the molecule is CCC(CCCCCCCCCCCOOOOOO)OC(=O)c1ccccc1. The Morgan fingerprint density at radius 3 is 2.10 bits per heavy atom. The van der Waals surface area contributed by atoms with Crippen LogP contribution >= 0.6 is 0 Å². The first-order valence-corrected chi connectivity index (χ1v) is 10.5. The minimum absolute atomic E-state index is 0.00188. The van der Waals surface area contributed by atoms with Gasteiger partial charge in [0.1, 0.15) is 6.10 Å². The fraction of sp³-hybridized carbons (Fsp3) is 0.667. The van der Waals surface area contributed by atoms with Crippen LogP contribution in [-0.2, 0) is 29.8 Å². The van der Waals surface area contributed by atoms with E-state index in [9.17, 15) is 4.79 Å². The van der Waals surface area contributed by atoms with Crippen LogP contribution in [0.5, 0.6) is 0 Å². The molecule has 0 aromatic heterocycles. The van der Waals surface area contributed by atoms with Gasteiger partial charge in [-0.05, 0) is 58.0 Å². The van der Waals surface area contributed by atoms with Crippen LogP contribution in [0.4, 0.5) is 0 Å². The molecule has 1 N–H and O–H groups in total. The topological polar surface area (TPSA) is 92.7 Å². The number of carbonyl (C=O) groups excluding carboxylic acids is 1. The maximum Gasteiger partial charge on any atom is 0.338 e. The van der Waals surface area contributed by atoms with E-state index in [1.165, 1.54) is 32.1 Å². The first-order chi connectivity index (χ1) is 14.3. The van der Waals surface area contributed by atoms with Crippen molar-refractivity contribution in [2.24, 2.45) is 0 Å². The van der Waals surface area contributed by atoms with Gasteiger partial charge in [-0.1, -0.05) is 70.1 Å². The Morgan fingerprint density at radius 2 is 1.48 bits per heavy atom. The van der Waals surface area contributed by atoms with Crippen molar-refractivity contribution < 1.29 is 39.8 Å². The lowest BCUT2D eigenvalue weighted by atomic mass is 10.0. The summed E-state index contributed by atoms with van der Waals surface area (Å²) in [5, 5.41) is 22.4. The predicted molar refractivity (Wildman–Crippen MR) is 105 cm³/mol. The molecule has 0 amide bonds. The maximum absolute atomic E-state index is 12.1. The van der Waals surface area contributed by atoms with Crippen molar-refractivity contribution in [3.63, 3.8) is 0 Å². The molecule has 0 spiro atoms. The number of rotatable bonds is 19. The highest BCUT2D eigenvalue weighted by atomic mass is 17.8. The molecular formula is C21H34O8. The number of ether oxygens (including phenoxy) is 1. The summed E-state index contributed by atoms with van der Waals surface area (Å²) in [5.41, 5.74) is 0.615. The van der Waals surface area contributed by atoms with Crippen LogP contribution in [0.25, 0.3) is 0 Å². The molecule has 8 nitrogen and oxygen atoms in total. The second-order valence-corrected chi connectivity index (χ2v) is 6.87. The predicted octanol–water partition coefficient (Wildman–Crippen LogP) is 5.74. The van der Waals surface area contributed by atoms with E-state index in [-0.39, 0.29) is 12.1 Å². The van der Waals surface area contributed by atoms with Crippen molar-refractivity contribution in [1.82, 2.24) is 0 Å². The van der Waals surface area contributed by atoms with Gasteiger partial charge in [0.05, 0.1) is 12.2 Å². The molecular weight excluding hydrogens is 380 g/mol. The Morgan fingerprint density at radius 1 is 0.862 bits per heavy atom. The number of hydrogen-bond donors (Lipinski definition) is 1. The van der Waals surface area contributed by atoms with Crippen molar-refractivity contribution in [2.75, 3.05) is 6.61 Å². The van der Waals surface area contributed by atoms with Crippen molar-refractivity contribution in [3.8, 4) is 0 Å². The zero-order valence-corrected chi connectivity index (χ0v) is 17.3. The molecule has 0 bridgehead atoms. The van der Waals surface area contributed by atoms with Crippen molar-refractivity contribution in [1.29, 1.82) is 0 Å². The molecule has 0 radical (unpaired) electrons. The highest BCUT2D eigenvalue weighted by molar-refractivity contribution is 5.89. The molecule has 0 aliphatic rings. The number of carbonyl (C=O) groups is 1. The van der Waals surface area contributed by atoms with E-state index in [0.29, 0.717) is 12.2 Å². The zero-order valence-electron chi connectivity index (χ0n) is 17.3. The molecule has 1 aromatic rings. The van der Waals surface area contributed by atoms with Crippen LogP contribution in [-0.4, -0.2) is 23.9 Å². The summed E-state index contributed by atoms with van der Waals surface area (Å²) in [7, 11) is 0. The summed E-state index contributed by atoms with van der Waals surface area (Å²) >= 11 is 0. The van der Waals surface area contributed by atoms with Crippen LogP contribution in [0.15, 0.2) is 30.3 Å². The Labute approximate surface area is 172 Å². The Balaban J connectivity index is 1.90. The summed E-state index contributed by atoms with van der Waals surface area (Å²) in [6.07, 6.45) is 11.9. The van der Waals surface area contributed by atoms with E-state index in [0.717, 1.165) is 38.5 Å². The highest BCUT2D eigenvalue weighted by Gasteiger charge is 2.13. The van der Waals surface area contributed by atoms with E-state index >= 15 is 0 Å². The Hall–Kier alpha value is -1.55. The minimum atomic E-state index is -0.227. The average molecular weight is 414 g/mol. The number of benzene rings is 1. The molecule has 8 heteroatoms. The van der Waals surface area contributed by atoms with Gasteiger partial charge in [0.25, 0.3) is 0 Å². The first kappa shape index (κ1) is 25.5. The highest BCUT2D eigenvalue weighted by Crippen LogP contribution is 2.15. The van der Waals surface area contributed by atoms with Crippen LogP contribution in [0.3, 0.4) is 0 Å². The van der Waals surface area contributed by atoms with E-state index in [2.05, 4.69) is 32.0 Å². The third-order valence-electron chi connectivity index (χ3n) is 4.63. The molecule has 0 saturated heterocycles. The monoisotopic (exact) mass is 414 g/mol. The van der Waals surface area contributed by atoms with Gasteiger partial charge < -0.3 is 4.74 Å². The minimum Gasteiger partial charge on any atom is -0.459 e. The normalized spacial score (nSPS) is 12.1. The summed E-state index contributed by atoms with van der Waals surface area (Å²) in [6.45, 7) is 2.44. The van der Waals surface area contributed by atoms with Crippen molar-refractivity contribution in [2.45, 2.75) is 83.7 Å². The second-order valence-electron chi connectivity index (χ2n) is 6.87. The zero-order chi connectivity index (χ0) is 21.0. The second kappa shape index (κ2) is 18.5. The third-order valence-corrected chi connectivity index (χ3v) is 4.63. The summed E-state index contributed by atoms with van der Waals surface area (Å²) < 4.78 is 5.61. The molecule has 166 valence electrons. The lowest BCUT2D eigenvalue weighted by Crippen LogP contribution is -2.17. The van der Waals surface area contributed by atoms with Gasteiger partial charge in [-0.25, -0.2) is 14.9 Å². The average Bonchev–Trinajstić information content (AvgIpc) is 2.76. The summed E-state index contributed by atoms with van der Waals surface area (Å²) in [6, 6.07) is 9.16. The van der Waals surface area contributed by atoms with Crippen LogP contribution in [0, 0.1) is 0 Å². The largest absolute Gasteiger partial charge is 0.459 e. The maximum atomic E-state index is 12.1. The standard InChI is InChI=1S/C21H34O8/c1-2-20(25-21(22)19-15-11-10-12-16-19)17-13-8-6-4-3-5-7-9-14-18-24-27-29-28-26-23/h10-12,15-16,20,23H,2-9,13-14,17-18H2,1H3. The van der Waals surface area contributed by atoms with Crippen LogP contribution < -0.4 is 0 Å². The van der Waals surface area contributed by atoms with Crippen LogP contribution in [0.1, 0.15) is 87.9 Å². The molecule has 0 saturated carbocycles. The van der Waals surface area contributed by atoms with Gasteiger partial charge in [-0.3, -0.25) is 0 Å². The van der Waals surface area contributed by atoms with E-state index in [1.54, 1.807) is 12.1 Å². The summed E-state index contributed by atoms with van der Waals surface area (Å²) in [4.78, 5) is 16.7. The molecule has 1 rings (SSSR count). The lowest BCUT2D eigenvalue weighted by Gasteiger charge is -2.16. The van der Waals surface area contributed by atoms with Gasteiger partial charge >= 0.3 is 5.97 Å². The number of unbranched alkanes of at least 4 members (excludes halogenated alkanes) is 8. The van der Waals surface area contributed by atoms with E-state index in [4.69, 9.17) is 9.99 Å². The number of hydrogen-bond acceptors (Lipinski definition) is 8. The van der Waals surface area contributed by atoms with Gasteiger partial charge in [0.15, 0.2) is 0 Å². The lowest BCUT2D eigenvalue weighted by molar-refractivity contribution is -0.753. The molecule has 0 aliphatic carbocycles. The fourth-order valence-electron chi connectivity index (χ4n) is 2.99. The van der Waals surface area contributed by atoms with Crippen molar-refractivity contribution in [3.05, 3.63) is 35.9 Å². The fourth-order valence-corrected chi connectivity index (χ4v) is 2.99. The number of esters is 1. The quantitative estimate of drug-likeness (QED) is 0.133. The molecule has 0 aliphatic heterocycles. The van der Waals surface area contributed by atoms with Gasteiger partial charge in [-0.15, -0.1) is 0 Å². The molecule has 1 aromatic carbocycles. The van der Waals surface area contributed by atoms with Gasteiger partial charge in [0.2, 0.25) is 0 Å². The van der Waals surface area contributed by atoms with E-state index in [1.807, 2.05) is 18.2 Å².